The standard InChI is InChI=1S/C20H33N3O3/c1-13(2)12-23-15(4)16(14(3)22-23)10-11-19(24)21-18-9-7-5-6-8-17(18)20(25)26/h13,17-18H,5-12H2,1-4H3,(H,21,24)(H,25,26)/t17-,18+/m1/s1. The topological polar surface area (TPSA) is 84.2 Å². The quantitative estimate of drug-likeness (QED) is 0.729. The van der Waals surface area contributed by atoms with Gasteiger partial charge < -0.3 is 10.4 Å². The maximum atomic E-state index is 12.4. The lowest BCUT2D eigenvalue weighted by molar-refractivity contribution is -0.143. The van der Waals surface area contributed by atoms with Gasteiger partial charge in [-0.1, -0.05) is 33.1 Å². The van der Waals surface area contributed by atoms with Crippen molar-refractivity contribution in [2.45, 2.75) is 85.2 Å². The van der Waals surface area contributed by atoms with Gasteiger partial charge in [0.25, 0.3) is 0 Å². The summed E-state index contributed by atoms with van der Waals surface area (Å²) in [6.07, 6.45) is 5.38. The highest BCUT2D eigenvalue weighted by atomic mass is 16.4. The van der Waals surface area contributed by atoms with Crippen molar-refractivity contribution in [3.8, 4) is 0 Å². The number of aromatic nitrogens is 2. The molecule has 1 aliphatic rings. The maximum Gasteiger partial charge on any atom is 0.308 e. The van der Waals surface area contributed by atoms with Crippen molar-refractivity contribution in [2.75, 3.05) is 0 Å². The van der Waals surface area contributed by atoms with E-state index >= 15 is 0 Å². The summed E-state index contributed by atoms with van der Waals surface area (Å²) in [5.41, 5.74) is 3.24. The molecule has 2 rings (SSSR count). The van der Waals surface area contributed by atoms with Crippen LogP contribution in [0.25, 0.3) is 0 Å². The molecule has 0 aliphatic heterocycles. The number of carboxylic acids is 1. The summed E-state index contributed by atoms with van der Waals surface area (Å²) < 4.78 is 2.03. The van der Waals surface area contributed by atoms with Crippen LogP contribution in [0.5, 0.6) is 0 Å². The molecule has 0 aromatic carbocycles. The lowest BCUT2D eigenvalue weighted by Crippen LogP contribution is -2.42. The molecule has 0 spiro atoms. The molecular formula is C20H33N3O3. The third-order valence-corrected chi connectivity index (χ3v) is 5.35. The Hall–Kier alpha value is -1.85. The van der Waals surface area contributed by atoms with Crippen molar-refractivity contribution < 1.29 is 14.7 Å². The van der Waals surface area contributed by atoms with Crippen molar-refractivity contribution in [1.29, 1.82) is 0 Å². The highest BCUT2D eigenvalue weighted by molar-refractivity contribution is 5.78. The van der Waals surface area contributed by atoms with Crippen LogP contribution < -0.4 is 5.32 Å². The lowest BCUT2D eigenvalue weighted by Gasteiger charge is -2.22. The van der Waals surface area contributed by atoms with Crippen molar-refractivity contribution in [3.63, 3.8) is 0 Å². The minimum Gasteiger partial charge on any atom is -0.481 e. The average Bonchev–Trinajstić information content (AvgIpc) is 2.73. The fourth-order valence-corrected chi connectivity index (χ4v) is 3.91. The number of amides is 1. The minimum atomic E-state index is -0.793. The third-order valence-electron chi connectivity index (χ3n) is 5.35. The lowest BCUT2D eigenvalue weighted by atomic mass is 9.94. The highest BCUT2D eigenvalue weighted by Crippen LogP contribution is 2.24. The highest BCUT2D eigenvalue weighted by Gasteiger charge is 2.30. The van der Waals surface area contributed by atoms with Crippen molar-refractivity contribution >= 4 is 11.9 Å². The van der Waals surface area contributed by atoms with Crippen LogP contribution in [0.3, 0.4) is 0 Å². The maximum absolute atomic E-state index is 12.4. The van der Waals surface area contributed by atoms with Crippen molar-refractivity contribution in [2.24, 2.45) is 11.8 Å². The van der Waals surface area contributed by atoms with Gasteiger partial charge in [-0.2, -0.15) is 5.10 Å². The summed E-state index contributed by atoms with van der Waals surface area (Å²) >= 11 is 0. The van der Waals surface area contributed by atoms with E-state index in [2.05, 4.69) is 31.2 Å². The summed E-state index contributed by atoms with van der Waals surface area (Å²) in [4.78, 5) is 23.9. The van der Waals surface area contributed by atoms with E-state index in [-0.39, 0.29) is 11.9 Å². The van der Waals surface area contributed by atoms with Crippen molar-refractivity contribution in [1.82, 2.24) is 15.1 Å². The first kappa shape index (κ1) is 20.5. The number of carbonyl (C=O) groups is 2. The number of rotatable bonds is 7. The van der Waals surface area contributed by atoms with E-state index in [1.54, 1.807) is 0 Å². The van der Waals surface area contributed by atoms with Gasteiger partial charge in [-0.3, -0.25) is 14.3 Å². The number of hydrogen-bond donors (Lipinski definition) is 2. The summed E-state index contributed by atoms with van der Waals surface area (Å²) in [6.45, 7) is 9.25. The van der Waals surface area contributed by atoms with Gasteiger partial charge in [0.1, 0.15) is 0 Å². The zero-order valence-corrected chi connectivity index (χ0v) is 16.5. The fraction of sp³-hybridized carbons (Fsp3) is 0.750. The van der Waals surface area contributed by atoms with Crippen LogP contribution in [-0.4, -0.2) is 32.8 Å². The smallest absolute Gasteiger partial charge is 0.308 e. The van der Waals surface area contributed by atoms with E-state index in [1.165, 1.54) is 0 Å². The van der Waals surface area contributed by atoms with Gasteiger partial charge in [-0.25, -0.2) is 0 Å². The Balaban J connectivity index is 1.96. The fourth-order valence-electron chi connectivity index (χ4n) is 3.91. The Morgan fingerprint density at radius 1 is 1.23 bits per heavy atom. The van der Waals surface area contributed by atoms with Crippen LogP contribution in [0, 0.1) is 25.7 Å². The molecule has 1 amide bonds. The molecule has 26 heavy (non-hydrogen) atoms. The predicted molar refractivity (Wildman–Crippen MR) is 101 cm³/mol. The van der Waals surface area contributed by atoms with Crippen LogP contribution in [0.2, 0.25) is 0 Å². The zero-order valence-electron chi connectivity index (χ0n) is 16.5. The van der Waals surface area contributed by atoms with E-state index in [9.17, 15) is 14.7 Å². The zero-order chi connectivity index (χ0) is 19.3. The SMILES string of the molecule is Cc1nn(CC(C)C)c(C)c1CCC(=O)N[C@H]1CCCCC[C@H]1C(=O)O. The average molecular weight is 364 g/mol. The normalized spacial score (nSPS) is 20.8. The molecule has 0 saturated heterocycles. The summed E-state index contributed by atoms with van der Waals surface area (Å²) in [5, 5.41) is 17.0. The second kappa shape index (κ2) is 9.19. The molecule has 2 atom stereocenters. The Morgan fingerprint density at radius 3 is 2.58 bits per heavy atom. The van der Waals surface area contributed by atoms with Crippen LogP contribution in [0.1, 0.15) is 69.3 Å². The molecule has 0 bridgehead atoms. The molecular weight excluding hydrogens is 330 g/mol. The minimum absolute atomic E-state index is 0.0569. The molecule has 1 heterocycles. The number of aryl methyl sites for hydroxylation is 1. The number of aliphatic carboxylic acids is 1. The number of carbonyl (C=O) groups excluding carboxylic acids is 1. The summed E-state index contributed by atoms with van der Waals surface area (Å²) in [7, 11) is 0. The van der Waals surface area contributed by atoms with Crippen LogP contribution in [0.4, 0.5) is 0 Å². The van der Waals surface area contributed by atoms with Crippen LogP contribution in [-0.2, 0) is 22.6 Å². The Kier molecular flexibility index (Phi) is 7.23. The Morgan fingerprint density at radius 2 is 1.92 bits per heavy atom. The van der Waals surface area contributed by atoms with Gasteiger partial charge in [-0.05, 0) is 44.6 Å². The van der Waals surface area contributed by atoms with Gasteiger partial charge in [0.2, 0.25) is 5.91 Å². The molecule has 6 nitrogen and oxygen atoms in total. The molecule has 146 valence electrons. The predicted octanol–water partition coefficient (Wildman–Crippen LogP) is 3.24. The van der Waals surface area contributed by atoms with E-state index in [4.69, 9.17) is 0 Å². The van der Waals surface area contributed by atoms with Gasteiger partial charge in [-0.15, -0.1) is 0 Å². The van der Waals surface area contributed by atoms with Crippen LogP contribution in [0.15, 0.2) is 0 Å². The van der Waals surface area contributed by atoms with E-state index in [0.29, 0.717) is 25.2 Å². The molecule has 1 saturated carbocycles. The van der Waals surface area contributed by atoms with Crippen molar-refractivity contribution in [3.05, 3.63) is 17.0 Å². The molecule has 0 unspecified atom stereocenters. The molecule has 1 fully saturated rings. The van der Waals surface area contributed by atoms with E-state index in [1.807, 2.05) is 11.6 Å². The van der Waals surface area contributed by atoms with Gasteiger partial charge in [0, 0.05) is 24.7 Å². The second-order valence-corrected chi connectivity index (χ2v) is 7.98. The molecule has 1 aliphatic carbocycles. The first-order valence-corrected chi connectivity index (χ1v) is 9.84. The largest absolute Gasteiger partial charge is 0.481 e. The van der Waals surface area contributed by atoms with E-state index in [0.717, 1.165) is 49.2 Å². The van der Waals surface area contributed by atoms with Gasteiger partial charge in [0.15, 0.2) is 0 Å². The molecule has 0 radical (unpaired) electrons. The monoisotopic (exact) mass is 363 g/mol. The second-order valence-electron chi connectivity index (χ2n) is 7.98. The molecule has 1 aromatic rings. The third kappa shape index (κ3) is 5.32. The first-order valence-electron chi connectivity index (χ1n) is 9.84. The summed E-state index contributed by atoms with van der Waals surface area (Å²) in [6, 6.07) is -0.242. The Labute approximate surface area is 156 Å². The Bertz CT molecular complexity index is 636. The summed E-state index contributed by atoms with van der Waals surface area (Å²) in [5.74, 6) is -0.788. The molecule has 2 N–H and O–H groups in total. The van der Waals surface area contributed by atoms with E-state index < -0.39 is 11.9 Å². The van der Waals surface area contributed by atoms with Crippen LogP contribution >= 0.6 is 0 Å². The van der Waals surface area contributed by atoms with Gasteiger partial charge >= 0.3 is 5.97 Å². The number of nitrogens with one attached hydrogen (secondary N) is 1. The number of carboxylic acid groups (broad SMARTS) is 1. The number of nitrogens with zero attached hydrogens (tertiary/aromatic N) is 2. The molecule has 1 aromatic heterocycles. The van der Waals surface area contributed by atoms with Gasteiger partial charge in [0.05, 0.1) is 11.6 Å². The number of hydrogen-bond acceptors (Lipinski definition) is 3. The molecule has 6 heteroatoms. The first-order chi connectivity index (χ1) is 12.3.